The highest BCUT2D eigenvalue weighted by atomic mass is 32.2. The Hall–Kier alpha value is -1.34. The fourth-order valence-electron chi connectivity index (χ4n) is 2.96. The van der Waals surface area contributed by atoms with Crippen LogP contribution in [0.25, 0.3) is 0 Å². The van der Waals surface area contributed by atoms with Gasteiger partial charge in [-0.15, -0.1) is 0 Å². The van der Waals surface area contributed by atoms with E-state index >= 15 is 0 Å². The van der Waals surface area contributed by atoms with Gasteiger partial charge in [0.2, 0.25) is 10.0 Å². The molecule has 0 aromatic carbocycles. The van der Waals surface area contributed by atoms with Crippen LogP contribution in [0.15, 0.2) is 18.5 Å². The minimum absolute atomic E-state index is 0.0591. The number of anilines is 2. The highest BCUT2D eigenvalue weighted by molar-refractivity contribution is 7.92. The van der Waals surface area contributed by atoms with Crippen molar-refractivity contribution in [3.05, 3.63) is 18.5 Å². The molecule has 1 saturated carbocycles. The molecule has 1 aromatic heterocycles. The second-order valence-corrected chi connectivity index (χ2v) is 7.91. The van der Waals surface area contributed by atoms with Crippen LogP contribution in [-0.4, -0.2) is 52.0 Å². The SMILES string of the molecule is CCOC(CS(=O)(=O)N1CCN(C)c2ccncc21)C1CC1. The molecule has 1 aliphatic heterocycles. The van der Waals surface area contributed by atoms with Crippen LogP contribution in [0, 0.1) is 5.92 Å². The monoisotopic (exact) mass is 325 g/mol. The minimum atomic E-state index is -3.40. The fraction of sp³-hybridized carbons (Fsp3) is 0.667. The van der Waals surface area contributed by atoms with Crippen molar-refractivity contribution in [1.82, 2.24) is 4.98 Å². The maximum Gasteiger partial charge on any atom is 0.237 e. The first-order valence-corrected chi connectivity index (χ1v) is 9.41. The van der Waals surface area contributed by atoms with Crippen molar-refractivity contribution in [3.63, 3.8) is 0 Å². The van der Waals surface area contributed by atoms with Crippen molar-refractivity contribution in [1.29, 1.82) is 0 Å². The normalized spacial score (nSPS) is 19.9. The number of nitrogens with zero attached hydrogens (tertiary/aromatic N) is 3. The van der Waals surface area contributed by atoms with Crippen molar-refractivity contribution >= 4 is 21.4 Å². The lowest BCUT2D eigenvalue weighted by Crippen LogP contribution is -2.45. The summed E-state index contributed by atoms with van der Waals surface area (Å²) in [5.74, 6) is 0.458. The number of sulfonamides is 1. The van der Waals surface area contributed by atoms with Crippen LogP contribution < -0.4 is 9.21 Å². The number of pyridine rings is 1. The summed E-state index contributed by atoms with van der Waals surface area (Å²) in [5.41, 5.74) is 1.58. The van der Waals surface area contributed by atoms with Crippen LogP contribution >= 0.6 is 0 Å². The summed E-state index contributed by atoms with van der Waals surface area (Å²) < 4.78 is 32.9. The molecule has 7 heteroatoms. The van der Waals surface area contributed by atoms with Crippen molar-refractivity contribution in [3.8, 4) is 0 Å². The number of rotatable bonds is 6. The van der Waals surface area contributed by atoms with Crippen LogP contribution in [0.5, 0.6) is 0 Å². The van der Waals surface area contributed by atoms with E-state index in [1.54, 1.807) is 12.4 Å². The summed E-state index contributed by atoms with van der Waals surface area (Å²) in [4.78, 5) is 6.15. The Morgan fingerprint density at radius 2 is 2.14 bits per heavy atom. The highest BCUT2D eigenvalue weighted by Crippen LogP contribution is 2.37. The second kappa shape index (κ2) is 6.04. The Kier molecular flexibility index (Phi) is 4.27. The molecule has 3 rings (SSSR count). The molecule has 122 valence electrons. The third-order valence-corrected chi connectivity index (χ3v) is 6.14. The lowest BCUT2D eigenvalue weighted by atomic mass is 10.2. The van der Waals surface area contributed by atoms with Gasteiger partial charge in [0.05, 0.1) is 36.0 Å². The zero-order valence-electron chi connectivity index (χ0n) is 13.1. The lowest BCUT2D eigenvalue weighted by Gasteiger charge is -2.36. The van der Waals surface area contributed by atoms with Crippen LogP contribution in [0.3, 0.4) is 0 Å². The van der Waals surface area contributed by atoms with Gasteiger partial charge in [0, 0.05) is 26.4 Å². The summed E-state index contributed by atoms with van der Waals surface area (Å²) in [6.07, 6.45) is 5.28. The summed E-state index contributed by atoms with van der Waals surface area (Å²) >= 11 is 0. The van der Waals surface area contributed by atoms with E-state index in [2.05, 4.69) is 9.88 Å². The number of likely N-dealkylation sites (N-methyl/N-ethyl adjacent to an activating group) is 1. The first-order valence-electron chi connectivity index (χ1n) is 7.80. The van der Waals surface area contributed by atoms with Crippen LogP contribution in [-0.2, 0) is 14.8 Å². The van der Waals surface area contributed by atoms with E-state index in [1.165, 1.54) is 4.31 Å². The summed E-state index contributed by atoms with van der Waals surface area (Å²) in [7, 11) is -1.44. The molecule has 1 unspecified atom stereocenters. The molecule has 22 heavy (non-hydrogen) atoms. The molecule has 0 spiro atoms. The summed E-state index contributed by atoms with van der Waals surface area (Å²) in [6, 6.07) is 1.86. The zero-order chi connectivity index (χ0) is 15.7. The van der Waals surface area contributed by atoms with Crippen molar-refractivity contribution in [2.45, 2.75) is 25.9 Å². The first kappa shape index (κ1) is 15.6. The number of ether oxygens (including phenoxy) is 1. The van der Waals surface area contributed by atoms with E-state index in [1.807, 2.05) is 20.0 Å². The van der Waals surface area contributed by atoms with Gasteiger partial charge in [0.15, 0.2) is 0 Å². The van der Waals surface area contributed by atoms with Gasteiger partial charge in [-0.05, 0) is 31.7 Å². The first-order chi connectivity index (χ1) is 10.5. The maximum atomic E-state index is 12.9. The standard InChI is InChI=1S/C15H23N3O3S/c1-3-21-15(12-4-5-12)11-22(19,20)18-9-8-17(2)13-6-7-16-10-14(13)18/h6-7,10,12,15H,3-5,8-9,11H2,1-2H3. The fourth-order valence-corrected chi connectivity index (χ4v) is 4.73. The molecule has 2 heterocycles. The van der Waals surface area contributed by atoms with E-state index < -0.39 is 10.0 Å². The molecular weight excluding hydrogens is 302 g/mol. The average molecular weight is 325 g/mol. The molecule has 1 aliphatic carbocycles. The lowest BCUT2D eigenvalue weighted by molar-refractivity contribution is 0.0631. The number of fused-ring (bicyclic) bond motifs is 1. The Morgan fingerprint density at radius 1 is 1.36 bits per heavy atom. The Labute approximate surface area is 132 Å². The van der Waals surface area contributed by atoms with Crippen molar-refractivity contribution in [2.24, 2.45) is 5.92 Å². The quantitative estimate of drug-likeness (QED) is 0.793. The number of aromatic nitrogens is 1. The second-order valence-electron chi connectivity index (χ2n) is 5.97. The molecule has 1 fully saturated rings. The van der Waals surface area contributed by atoms with E-state index in [0.717, 1.165) is 18.5 Å². The van der Waals surface area contributed by atoms with Gasteiger partial charge < -0.3 is 9.64 Å². The van der Waals surface area contributed by atoms with E-state index in [-0.39, 0.29) is 11.9 Å². The molecule has 0 saturated heterocycles. The Morgan fingerprint density at radius 3 is 2.82 bits per heavy atom. The summed E-state index contributed by atoms with van der Waals surface area (Å²) in [5, 5.41) is 0. The third-order valence-electron chi connectivity index (χ3n) is 4.34. The van der Waals surface area contributed by atoms with Gasteiger partial charge in [-0.25, -0.2) is 8.42 Å². The van der Waals surface area contributed by atoms with Gasteiger partial charge in [-0.2, -0.15) is 0 Å². The average Bonchev–Trinajstić information content (AvgIpc) is 3.31. The number of hydrogen-bond donors (Lipinski definition) is 0. The van der Waals surface area contributed by atoms with Crippen molar-refractivity contribution < 1.29 is 13.2 Å². The molecule has 1 aromatic rings. The molecule has 2 aliphatic rings. The minimum Gasteiger partial charge on any atom is -0.377 e. The number of hydrogen-bond acceptors (Lipinski definition) is 5. The van der Waals surface area contributed by atoms with E-state index in [9.17, 15) is 8.42 Å². The van der Waals surface area contributed by atoms with Gasteiger partial charge >= 0.3 is 0 Å². The smallest absolute Gasteiger partial charge is 0.237 e. The van der Waals surface area contributed by atoms with Gasteiger partial charge in [-0.3, -0.25) is 9.29 Å². The van der Waals surface area contributed by atoms with E-state index in [0.29, 0.717) is 31.3 Å². The van der Waals surface area contributed by atoms with Crippen LogP contribution in [0.1, 0.15) is 19.8 Å². The largest absolute Gasteiger partial charge is 0.377 e. The van der Waals surface area contributed by atoms with Crippen molar-refractivity contribution in [2.75, 3.05) is 41.7 Å². The van der Waals surface area contributed by atoms with Gasteiger partial charge in [0.25, 0.3) is 0 Å². The predicted octanol–water partition coefficient (Wildman–Crippen LogP) is 1.48. The molecule has 0 bridgehead atoms. The third kappa shape index (κ3) is 3.05. The molecule has 0 amide bonds. The molecule has 0 N–H and O–H groups in total. The maximum absolute atomic E-state index is 12.9. The summed E-state index contributed by atoms with van der Waals surface area (Å²) in [6.45, 7) is 3.61. The topological polar surface area (TPSA) is 62.7 Å². The van der Waals surface area contributed by atoms with E-state index in [4.69, 9.17) is 4.74 Å². The molecule has 1 atom stereocenters. The predicted molar refractivity (Wildman–Crippen MR) is 86.8 cm³/mol. The molecule has 6 nitrogen and oxygen atoms in total. The van der Waals surface area contributed by atoms with Gasteiger partial charge in [-0.1, -0.05) is 0 Å². The van der Waals surface area contributed by atoms with Crippen LogP contribution in [0.2, 0.25) is 0 Å². The zero-order valence-corrected chi connectivity index (χ0v) is 13.9. The van der Waals surface area contributed by atoms with Crippen LogP contribution in [0.4, 0.5) is 11.4 Å². The Bertz CT molecular complexity index is 631. The molecule has 0 radical (unpaired) electrons. The van der Waals surface area contributed by atoms with Gasteiger partial charge in [0.1, 0.15) is 0 Å². The molecular formula is C15H23N3O3S. The highest BCUT2D eigenvalue weighted by Gasteiger charge is 2.38. The Balaban J connectivity index is 1.84.